The quantitative estimate of drug-likeness (QED) is 0.0357. The molecule has 0 aliphatic heterocycles. The molecule has 0 saturated carbocycles. The predicted molar refractivity (Wildman–Crippen MR) is 263 cm³/mol. The van der Waals surface area contributed by atoms with Gasteiger partial charge in [-0.3, -0.25) is 0 Å². The number of carbonyl (C=O) groups is 1. The van der Waals surface area contributed by atoms with Crippen LogP contribution in [0.4, 0.5) is 105 Å². The fraction of sp³-hybridized carbons (Fsp3) is 0.298. The first kappa shape index (κ1) is 66.7. The maximum atomic E-state index is 14.2. The van der Waals surface area contributed by atoms with Gasteiger partial charge in [0.05, 0.1) is 51.1 Å². The Labute approximate surface area is 466 Å². The van der Waals surface area contributed by atoms with Crippen LogP contribution in [0.5, 0.6) is 0 Å². The topological polar surface area (TPSA) is 30.2 Å². The van der Waals surface area contributed by atoms with Crippen molar-refractivity contribution in [3.05, 3.63) is 195 Å². The van der Waals surface area contributed by atoms with Gasteiger partial charge in [0.1, 0.15) is 6.15 Å². The highest BCUT2D eigenvalue weighted by Gasteiger charge is 2.47. The molecule has 0 aliphatic rings. The molecule has 0 fully saturated rings. The average molecular weight is 1240 g/mol. The number of carbonyl (C=O) groups excluding carboxylic acids is 1. The lowest BCUT2D eigenvalue weighted by atomic mass is 9.12. The number of pyridine rings is 1. The van der Waals surface area contributed by atoms with Gasteiger partial charge in [-0.1, -0.05) is 130 Å². The normalized spacial score (nSPS) is 13.2. The summed E-state index contributed by atoms with van der Waals surface area (Å²) in [6.07, 6.45) is -47.7. The lowest BCUT2D eigenvalue weighted by Crippen LogP contribution is -2.75. The van der Waals surface area contributed by atoms with E-state index in [1.807, 2.05) is 42.5 Å². The number of halogens is 24. The van der Waals surface area contributed by atoms with Gasteiger partial charge >= 0.3 is 55.4 Å². The SMILES string of the molecule is CCCCCCCCOC(=O)c1ccc2ccccc2[n+]1Cc1ccccc1.FC(F)(F)c1cc([B-](c2cc(C(F)(F)F)cc(C(F)(F)F)c2)(c2cc(C(F)(F)F)cc(C(F)(F)F)c2)c2cc(C(F)(F)F)cc(C(F)(F)F)c2)cc(C(F)(F)F)c1. The number of aromatic nitrogens is 1. The number of alkyl halides is 24. The van der Waals surface area contributed by atoms with Crippen molar-refractivity contribution >= 4 is 44.9 Å². The second-order valence-electron chi connectivity index (χ2n) is 19.5. The van der Waals surface area contributed by atoms with Crippen LogP contribution in [0.25, 0.3) is 10.9 Å². The summed E-state index contributed by atoms with van der Waals surface area (Å²) in [5, 5.41) is 1.12. The number of esters is 1. The highest BCUT2D eigenvalue weighted by atomic mass is 19.4. The number of nitrogens with zero attached hydrogens (tertiary/aromatic N) is 1. The van der Waals surface area contributed by atoms with Gasteiger partial charge in [0.2, 0.25) is 5.52 Å². The molecule has 458 valence electrons. The number of para-hydroxylation sites is 1. The van der Waals surface area contributed by atoms with Crippen molar-refractivity contribution in [1.29, 1.82) is 0 Å². The molecule has 3 nitrogen and oxygen atoms in total. The zero-order valence-electron chi connectivity index (χ0n) is 43.3. The Balaban J connectivity index is 0.000000343. The van der Waals surface area contributed by atoms with Crippen molar-refractivity contribution < 1.29 is 119 Å². The lowest BCUT2D eigenvalue weighted by Gasteiger charge is -2.46. The van der Waals surface area contributed by atoms with Gasteiger partial charge in [0, 0.05) is 23.1 Å². The van der Waals surface area contributed by atoms with Crippen molar-refractivity contribution in [3.63, 3.8) is 0 Å². The summed E-state index contributed by atoms with van der Waals surface area (Å²) in [7, 11) is 0. The van der Waals surface area contributed by atoms with Crippen LogP contribution in [-0.4, -0.2) is 18.7 Å². The third kappa shape index (κ3) is 16.3. The third-order valence-corrected chi connectivity index (χ3v) is 13.5. The molecule has 28 heteroatoms. The highest BCUT2D eigenvalue weighted by molar-refractivity contribution is 7.20. The van der Waals surface area contributed by atoms with Crippen LogP contribution in [0, 0.1) is 0 Å². The van der Waals surface area contributed by atoms with E-state index in [2.05, 4.69) is 35.8 Å². The molecule has 0 spiro atoms. The van der Waals surface area contributed by atoms with Gasteiger partial charge in [0.15, 0.2) is 6.54 Å². The summed E-state index contributed by atoms with van der Waals surface area (Å²) in [5.41, 5.74) is -27.4. The molecule has 0 aliphatic carbocycles. The van der Waals surface area contributed by atoms with E-state index in [0.29, 0.717) is 18.8 Å². The van der Waals surface area contributed by atoms with Gasteiger partial charge in [-0.05, 0) is 42.8 Å². The van der Waals surface area contributed by atoms with Gasteiger partial charge in [-0.25, -0.2) is 4.79 Å². The van der Waals surface area contributed by atoms with E-state index in [1.165, 1.54) is 25.7 Å². The lowest BCUT2D eigenvalue weighted by molar-refractivity contribution is -0.665. The summed E-state index contributed by atoms with van der Waals surface area (Å²) >= 11 is 0. The second-order valence-corrected chi connectivity index (χ2v) is 19.5. The molecule has 7 aromatic rings. The molecule has 0 bridgehead atoms. The summed E-state index contributed by atoms with van der Waals surface area (Å²) in [6.45, 7) is 3.35. The molecule has 0 unspecified atom stereocenters. The summed E-state index contributed by atoms with van der Waals surface area (Å²) in [4.78, 5) is 12.8. The number of hydrogen-bond acceptors (Lipinski definition) is 2. The van der Waals surface area contributed by atoms with Crippen molar-refractivity contribution in [2.45, 2.75) is 101 Å². The Bertz CT molecular complexity index is 3030. The Morgan fingerprint density at radius 1 is 0.376 bits per heavy atom. The van der Waals surface area contributed by atoms with E-state index in [-0.39, 0.29) is 5.97 Å². The number of fused-ring (bicyclic) bond motifs is 1. The standard InChI is InChI=1S/C32H12BF24.C25H30NO2/c34-25(35,36)13-1-14(26(37,38)39)6-21(5-13)33(22-7-15(27(40,41)42)2-16(8-22)28(43,44)45,23-9-17(29(46,47)48)3-18(10-23)30(49,50)51)24-11-19(31(52,53)54)4-20(12-24)32(55,56)57;1-2-3-4-5-6-12-19-28-25(27)24-18-17-22-15-10-11-16-23(22)26(24)20-21-13-8-7-9-14-21/h1-12H;7-11,13-18H,2-6,12,19-20H2,1H3/q-1;+1. The molecule has 0 radical (unpaired) electrons. The van der Waals surface area contributed by atoms with Crippen molar-refractivity contribution in [1.82, 2.24) is 0 Å². The number of unbranched alkanes of at least 4 members (excludes halogenated alkanes) is 5. The van der Waals surface area contributed by atoms with Gasteiger partial charge in [-0.2, -0.15) is 132 Å². The van der Waals surface area contributed by atoms with E-state index < -0.39 is 195 Å². The first-order chi connectivity index (χ1) is 39.1. The number of ether oxygens (including phenoxy) is 1. The Morgan fingerprint density at radius 2 is 0.682 bits per heavy atom. The Kier molecular flexibility index (Phi) is 19.5. The van der Waals surface area contributed by atoms with Crippen LogP contribution in [-0.2, 0) is 60.7 Å². The molecule has 0 amide bonds. The fourth-order valence-corrected chi connectivity index (χ4v) is 9.57. The van der Waals surface area contributed by atoms with Crippen molar-refractivity contribution in [2.75, 3.05) is 6.61 Å². The highest BCUT2D eigenvalue weighted by Crippen LogP contribution is 2.41. The van der Waals surface area contributed by atoms with Crippen LogP contribution in [0.2, 0.25) is 0 Å². The largest absolute Gasteiger partial charge is 0.458 e. The minimum atomic E-state index is -6.13. The zero-order chi connectivity index (χ0) is 63.5. The Hall–Kier alpha value is -7.42. The minimum Gasteiger partial charge on any atom is -0.458 e. The van der Waals surface area contributed by atoms with Crippen LogP contribution in [0.3, 0.4) is 0 Å². The van der Waals surface area contributed by atoms with E-state index >= 15 is 0 Å². The van der Waals surface area contributed by atoms with E-state index in [9.17, 15) is 110 Å². The number of benzene rings is 6. The predicted octanol–water partition coefficient (Wildman–Crippen LogP) is 16.9. The first-order valence-electron chi connectivity index (χ1n) is 25.0. The molecular weight excluding hydrogens is 1200 g/mol. The molecule has 1 heterocycles. The van der Waals surface area contributed by atoms with Crippen LogP contribution in [0.15, 0.2) is 140 Å². The molecule has 1 aromatic heterocycles. The van der Waals surface area contributed by atoms with Gasteiger partial charge < -0.3 is 4.74 Å². The Morgan fingerprint density at radius 3 is 1.01 bits per heavy atom. The van der Waals surface area contributed by atoms with E-state index in [0.717, 1.165) is 29.3 Å². The third-order valence-electron chi connectivity index (χ3n) is 13.5. The van der Waals surface area contributed by atoms with Crippen LogP contribution in [0.1, 0.15) is 106 Å². The van der Waals surface area contributed by atoms with E-state index in [1.54, 1.807) is 0 Å². The maximum Gasteiger partial charge on any atom is 0.416 e. The molecule has 85 heavy (non-hydrogen) atoms. The van der Waals surface area contributed by atoms with Crippen LogP contribution < -0.4 is 26.4 Å². The van der Waals surface area contributed by atoms with Gasteiger partial charge in [0.25, 0.3) is 5.69 Å². The number of hydrogen-bond donors (Lipinski definition) is 0. The van der Waals surface area contributed by atoms with Crippen molar-refractivity contribution in [2.24, 2.45) is 0 Å². The minimum absolute atomic E-state index is 0.241. The summed E-state index contributed by atoms with van der Waals surface area (Å²) < 4.78 is 348. The maximum absolute atomic E-state index is 14.2. The van der Waals surface area contributed by atoms with Crippen LogP contribution >= 0.6 is 0 Å². The van der Waals surface area contributed by atoms with E-state index in [4.69, 9.17) is 4.74 Å². The molecular formula is C57H42BF24NO2. The smallest absolute Gasteiger partial charge is 0.416 e. The first-order valence-corrected chi connectivity index (χ1v) is 25.0. The zero-order valence-corrected chi connectivity index (χ0v) is 43.3. The summed E-state index contributed by atoms with van der Waals surface area (Å²) in [5.74, 6) is -0.241. The van der Waals surface area contributed by atoms with Crippen molar-refractivity contribution in [3.8, 4) is 0 Å². The molecule has 6 aromatic carbocycles. The fourth-order valence-electron chi connectivity index (χ4n) is 9.57. The molecule has 0 atom stereocenters. The molecule has 7 rings (SSSR count). The van der Waals surface area contributed by atoms with Gasteiger partial charge in [-0.15, -0.1) is 0 Å². The molecule has 0 saturated heterocycles. The average Bonchev–Trinajstić information content (AvgIpc) is 0.836. The molecule has 0 N–H and O–H groups in total. The monoisotopic (exact) mass is 1240 g/mol. The second kappa shape index (κ2) is 24.9. The number of rotatable bonds is 14. The summed E-state index contributed by atoms with van der Waals surface area (Å²) in [6, 6.07) is 13.5.